The highest BCUT2D eigenvalue weighted by atomic mass is 32.1. The number of carbonyl (C=O) groups excluding carboxylic acids is 2. The molecule has 0 fully saturated rings. The monoisotopic (exact) mass is 616 g/mol. The fourth-order valence-corrected chi connectivity index (χ4v) is 7.23. The van der Waals surface area contributed by atoms with Gasteiger partial charge < -0.3 is 14.6 Å². The van der Waals surface area contributed by atoms with Crippen molar-refractivity contribution in [2.45, 2.75) is 46.5 Å². The number of fused-ring (bicyclic) bond motifs is 1. The minimum atomic E-state index is -0.354. The molecule has 0 unspecified atom stereocenters. The van der Waals surface area contributed by atoms with E-state index in [-0.39, 0.29) is 18.4 Å². The molecule has 2 heterocycles. The Morgan fingerprint density at radius 2 is 1.62 bits per heavy atom. The first-order chi connectivity index (χ1) is 21.9. The van der Waals surface area contributed by atoms with Gasteiger partial charge in [-0.05, 0) is 93.5 Å². The van der Waals surface area contributed by atoms with Crippen LogP contribution in [0.25, 0.3) is 16.1 Å². The summed E-state index contributed by atoms with van der Waals surface area (Å²) >= 11 is 1.70. The molecule has 0 spiro atoms. The van der Waals surface area contributed by atoms with E-state index in [1.54, 1.807) is 17.6 Å². The molecule has 2 aromatic heterocycles. The van der Waals surface area contributed by atoms with E-state index in [2.05, 4.69) is 32.5 Å². The lowest BCUT2D eigenvalue weighted by Crippen LogP contribution is -2.24. The fraction of sp³-hybridized carbons (Fsp3) is 0.216. The van der Waals surface area contributed by atoms with E-state index < -0.39 is 0 Å². The van der Waals surface area contributed by atoms with Gasteiger partial charge in [0.25, 0.3) is 11.8 Å². The summed E-state index contributed by atoms with van der Waals surface area (Å²) in [6.45, 7) is 5.92. The zero-order valence-electron chi connectivity index (χ0n) is 25.7. The fourth-order valence-electron chi connectivity index (χ4n) is 5.73. The van der Waals surface area contributed by atoms with E-state index in [4.69, 9.17) is 4.74 Å². The lowest BCUT2D eigenvalue weighted by atomic mass is 9.95. The van der Waals surface area contributed by atoms with Crippen molar-refractivity contribution in [1.82, 2.24) is 9.99 Å². The number of rotatable bonds is 9. The van der Waals surface area contributed by atoms with Crippen molar-refractivity contribution in [2.24, 2.45) is 5.10 Å². The van der Waals surface area contributed by atoms with Crippen molar-refractivity contribution in [3.63, 3.8) is 0 Å². The number of hydrazone groups is 1. The van der Waals surface area contributed by atoms with Crippen LogP contribution >= 0.6 is 11.3 Å². The molecule has 0 saturated heterocycles. The van der Waals surface area contributed by atoms with Gasteiger partial charge in [-0.2, -0.15) is 5.10 Å². The Bertz CT molecular complexity index is 1850. The number of carbonyl (C=O) groups is 2. The van der Waals surface area contributed by atoms with Crippen LogP contribution in [0.5, 0.6) is 5.75 Å². The summed E-state index contributed by atoms with van der Waals surface area (Å²) in [4.78, 5) is 27.5. The molecule has 45 heavy (non-hydrogen) atoms. The van der Waals surface area contributed by atoms with Crippen LogP contribution in [0.1, 0.15) is 56.2 Å². The maximum atomic E-state index is 13.7. The highest BCUT2D eigenvalue weighted by Crippen LogP contribution is 2.39. The molecule has 2 N–H and O–H groups in total. The molecule has 3 aromatic carbocycles. The summed E-state index contributed by atoms with van der Waals surface area (Å²) in [6.07, 6.45) is 5.75. The standard InChI is InChI=1S/C37H36N4O3S/c1-24-13-17-30(18-14-24)39-36(43)35-32-11-7-8-12-33(32)45-37(35)41-25(2)21-29(26(41)3)22-38-40-34(42)23-44-31-19-15-28(16-20-31)27-9-5-4-6-10-27/h4-6,9-10,13-22H,7-8,11-12,23H2,1-3H3,(H,39,43)(H,40,42)/b38-22+. The van der Waals surface area contributed by atoms with Crippen molar-refractivity contribution in [3.8, 4) is 21.9 Å². The van der Waals surface area contributed by atoms with Crippen molar-refractivity contribution >= 4 is 35.1 Å². The maximum absolute atomic E-state index is 13.7. The molecular formula is C37H36N4O3S. The average Bonchev–Trinajstić information content (AvgIpc) is 3.57. The molecule has 228 valence electrons. The number of aromatic nitrogens is 1. The number of thiophene rings is 1. The summed E-state index contributed by atoms with van der Waals surface area (Å²) in [7, 11) is 0. The summed E-state index contributed by atoms with van der Waals surface area (Å²) in [6, 6.07) is 27.6. The SMILES string of the molecule is Cc1ccc(NC(=O)c2c(-n3c(C)cc(/C=N/NC(=O)COc4ccc(-c5ccccc5)cc4)c3C)sc3c2CCCC3)cc1. The molecule has 0 radical (unpaired) electrons. The molecule has 0 aliphatic heterocycles. The van der Waals surface area contributed by atoms with Gasteiger partial charge in [0.1, 0.15) is 10.8 Å². The molecule has 6 rings (SSSR count). The molecule has 0 atom stereocenters. The third kappa shape index (κ3) is 6.76. The van der Waals surface area contributed by atoms with E-state index in [1.165, 1.54) is 4.88 Å². The molecule has 7 nitrogen and oxygen atoms in total. The lowest BCUT2D eigenvalue weighted by Gasteiger charge is -2.14. The Balaban J connectivity index is 1.14. The van der Waals surface area contributed by atoms with Crippen LogP contribution in [0.15, 0.2) is 90.0 Å². The van der Waals surface area contributed by atoms with Gasteiger partial charge in [-0.15, -0.1) is 11.3 Å². The van der Waals surface area contributed by atoms with Crippen LogP contribution in [-0.4, -0.2) is 29.2 Å². The largest absolute Gasteiger partial charge is 0.484 e. The first-order valence-electron chi connectivity index (χ1n) is 15.2. The van der Waals surface area contributed by atoms with Gasteiger partial charge >= 0.3 is 0 Å². The number of aryl methyl sites for hydroxylation is 3. The minimum absolute atomic E-state index is 0.0852. The Hall–Kier alpha value is -4.95. The zero-order valence-corrected chi connectivity index (χ0v) is 26.5. The molecule has 1 aliphatic carbocycles. The van der Waals surface area contributed by atoms with Crippen LogP contribution in [-0.2, 0) is 17.6 Å². The number of hydrogen-bond donors (Lipinski definition) is 2. The van der Waals surface area contributed by atoms with Crippen LogP contribution in [0.3, 0.4) is 0 Å². The van der Waals surface area contributed by atoms with Crippen molar-refractivity contribution < 1.29 is 14.3 Å². The number of anilines is 1. The average molecular weight is 617 g/mol. The first-order valence-corrected chi connectivity index (χ1v) is 16.0. The van der Waals surface area contributed by atoms with Crippen molar-refractivity contribution in [3.05, 3.63) is 123 Å². The van der Waals surface area contributed by atoms with Crippen LogP contribution in [0, 0.1) is 20.8 Å². The topological polar surface area (TPSA) is 84.7 Å². The second kappa shape index (κ2) is 13.4. The van der Waals surface area contributed by atoms with Gasteiger partial charge in [-0.25, -0.2) is 5.43 Å². The number of benzene rings is 3. The van der Waals surface area contributed by atoms with E-state index >= 15 is 0 Å². The highest BCUT2D eigenvalue weighted by Gasteiger charge is 2.28. The number of nitrogens with zero attached hydrogens (tertiary/aromatic N) is 2. The second-order valence-electron chi connectivity index (χ2n) is 11.3. The third-order valence-corrected chi connectivity index (χ3v) is 9.36. The molecule has 2 amide bonds. The summed E-state index contributed by atoms with van der Waals surface area (Å²) in [5, 5.41) is 8.26. The van der Waals surface area contributed by atoms with E-state index in [0.717, 1.165) is 81.1 Å². The lowest BCUT2D eigenvalue weighted by molar-refractivity contribution is -0.123. The Morgan fingerprint density at radius 1 is 0.911 bits per heavy atom. The molecule has 1 aliphatic rings. The maximum Gasteiger partial charge on any atom is 0.277 e. The van der Waals surface area contributed by atoms with Crippen molar-refractivity contribution in [1.29, 1.82) is 0 Å². The summed E-state index contributed by atoms with van der Waals surface area (Å²) in [5.41, 5.74) is 11.4. The molecule has 5 aromatic rings. The Morgan fingerprint density at radius 3 is 2.38 bits per heavy atom. The smallest absolute Gasteiger partial charge is 0.277 e. The van der Waals surface area contributed by atoms with Crippen LogP contribution < -0.4 is 15.5 Å². The van der Waals surface area contributed by atoms with E-state index in [9.17, 15) is 9.59 Å². The molecular weight excluding hydrogens is 580 g/mol. The predicted octanol–water partition coefficient (Wildman–Crippen LogP) is 7.79. The first kappa shape index (κ1) is 30.1. The minimum Gasteiger partial charge on any atom is -0.484 e. The number of hydrogen-bond acceptors (Lipinski definition) is 5. The summed E-state index contributed by atoms with van der Waals surface area (Å²) in [5.74, 6) is 0.171. The van der Waals surface area contributed by atoms with Crippen LogP contribution in [0.2, 0.25) is 0 Å². The number of amides is 2. The normalized spacial score (nSPS) is 12.6. The van der Waals surface area contributed by atoms with Gasteiger partial charge in [0.05, 0.1) is 11.8 Å². The third-order valence-electron chi connectivity index (χ3n) is 8.09. The van der Waals surface area contributed by atoms with Gasteiger partial charge in [0, 0.05) is 27.5 Å². The Kier molecular flexibility index (Phi) is 8.93. The van der Waals surface area contributed by atoms with E-state index in [0.29, 0.717) is 5.75 Å². The quantitative estimate of drug-likeness (QED) is 0.131. The highest BCUT2D eigenvalue weighted by molar-refractivity contribution is 7.15. The number of ether oxygens (including phenoxy) is 1. The molecule has 8 heteroatoms. The molecule has 0 saturated carbocycles. The van der Waals surface area contributed by atoms with Crippen molar-refractivity contribution in [2.75, 3.05) is 11.9 Å². The number of nitrogens with one attached hydrogen (secondary N) is 2. The Labute approximate surface area is 267 Å². The molecule has 0 bridgehead atoms. The predicted molar refractivity (Wildman–Crippen MR) is 182 cm³/mol. The van der Waals surface area contributed by atoms with Gasteiger partial charge in [-0.3, -0.25) is 9.59 Å². The van der Waals surface area contributed by atoms with Gasteiger partial charge in [0.15, 0.2) is 6.61 Å². The second-order valence-corrected chi connectivity index (χ2v) is 12.4. The summed E-state index contributed by atoms with van der Waals surface area (Å²) < 4.78 is 7.80. The van der Waals surface area contributed by atoms with E-state index in [1.807, 2.05) is 93.6 Å². The van der Waals surface area contributed by atoms with Crippen LogP contribution in [0.4, 0.5) is 5.69 Å². The van der Waals surface area contributed by atoms with Gasteiger partial charge in [-0.1, -0.05) is 60.2 Å². The zero-order chi connectivity index (χ0) is 31.3. The van der Waals surface area contributed by atoms with Gasteiger partial charge in [0.2, 0.25) is 0 Å².